The Hall–Kier alpha value is -4.98. The zero-order chi connectivity index (χ0) is 28.7. The number of hydrogen-bond acceptors (Lipinski definition) is 4. The Bertz CT molecular complexity index is 1990. The second kappa shape index (κ2) is 10.4. The quantitative estimate of drug-likeness (QED) is 0.216. The first-order valence-electron chi connectivity index (χ1n) is 14.0. The van der Waals surface area contributed by atoms with E-state index in [2.05, 4.69) is 111 Å². The molecule has 3 nitrogen and oxygen atoms in total. The van der Waals surface area contributed by atoms with Gasteiger partial charge in [-0.15, -0.1) is 0 Å². The van der Waals surface area contributed by atoms with Crippen LogP contribution in [-0.4, -0.2) is 9.97 Å². The highest BCUT2D eigenvalue weighted by Crippen LogP contribution is 2.50. The smallest absolute Gasteiger partial charge is 0.160 e. The van der Waals surface area contributed by atoms with Gasteiger partial charge in [-0.3, -0.25) is 0 Å². The molecule has 5 aromatic carbocycles. The number of aromatic nitrogens is 2. The van der Waals surface area contributed by atoms with E-state index in [1.54, 1.807) is 11.8 Å². The Labute approximate surface area is 250 Å². The van der Waals surface area contributed by atoms with Crippen LogP contribution in [0.15, 0.2) is 137 Å². The van der Waals surface area contributed by atoms with Gasteiger partial charge >= 0.3 is 0 Å². The van der Waals surface area contributed by atoms with Crippen molar-refractivity contribution in [3.05, 3.63) is 144 Å². The van der Waals surface area contributed by atoms with Gasteiger partial charge in [0.25, 0.3) is 0 Å². The van der Waals surface area contributed by atoms with Gasteiger partial charge in [-0.1, -0.05) is 123 Å². The zero-order valence-corrected chi connectivity index (χ0v) is 24.2. The lowest BCUT2D eigenvalue weighted by molar-refractivity contribution is 0.607. The van der Waals surface area contributed by atoms with Crippen LogP contribution in [0.5, 0.6) is 0 Å². The highest BCUT2D eigenvalue weighted by Gasteiger charge is 2.33. The minimum absolute atomic E-state index is 0.220. The predicted octanol–water partition coefficient (Wildman–Crippen LogP) is 9.81. The average molecular weight is 558 g/mol. The van der Waals surface area contributed by atoms with E-state index in [1.807, 2.05) is 36.4 Å². The molecule has 1 aromatic heterocycles. The maximum atomic E-state index is 9.49. The van der Waals surface area contributed by atoms with Crippen molar-refractivity contribution in [3.8, 4) is 51.1 Å². The Morgan fingerprint density at radius 1 is 0.571 bits per heavy atom. The first kappa shape index (κ1) is 26.0. The van der Waals surface area contributed by atoms with E-state index in [4.69, 9.17) is 9.97 Å². The van der Waals surface area contributed by atoms with Crippen molar-refractivity contribution in [2.75, 3.05) is 0 Å². The fourth-order valence-corrected chi connectivity index (χ4v) is 7.16. The second-order valence-electron chi connectivity index (χ2n) is 11.0. The fraction of sp³-hybridized carbons (Fsp3) is 0.0789. The molecule has 200 valence electrons. The minimum atomic E-state index is -0.220. The van der Waals surface area contributed by atoms with E-state index in [-0.39, 0.29) is 5.41 Å². The monoisotopic (exact) mass is 557 g/mol. The number of benzene rings is 5. The number of rotatable bonds is 4. The third kappa shape index (κ3) is 4.59. The third-order valence-electron chi connectivity index (χ3n) is 8.00. The maximum absolute atomic E-state index is 9.49. The standard InChI is InChI=1S/C38H27N3S/c1-38(2)31-19-18-28(22-36(31)42-35-20-17-25(24-39)21-32(35)38)33-23-34(41-37(40-33)27-13-7-4-8-14-27)30-16-10-9-15-29(30)26-11-5-3-6-12-26/h3-23H,1-2H3. The van der Waals surface area contributed by atoms with Crippen LogP contribution >= 0.6 is 11.8 Å². The molecule has 6 aromatic rings. The van der Waals surface area contributed by atoms with Crippen molar-refractivity contribution < 1.29 is 0 Å². The molecule has 0 atom stereocenters. The summed E-state index contributed by atoms with van der Waals surface area (Å²) in [4.78, 5) is 12.6. The summed E-state index contributed by atoms with van der Waals surface area (Å²) in [6.45, 7) is 4.48. The first-order valence-corrected chi connectivity index (χ1v) is 14.8. The summed E-state index contributed by atoms with van der Waals surface area (Å²) >= 11 is 1.76. The van der Waals surface area contributed by atoms with Gasteiger partial charge in [0.1, 0.15) is 0 Å². The molecule has 42 heavy (non-hydrogen) atoms. The molecule has 1 aliphatic rings. The molecule has 0 unspecified atom stereocenters. The van der Waals surface area contributed by atoms with Crippen molar-refractivity contribution in [1.82, 2.24) is 9.97 Å². The van der Waals surface area contributed by atoms with Crippen molar-refractivity contribution in [2.24, 2.45) is 0 Å². The van der Waals surface area contributed by atoms with E-state index in [0.717, 1.165) is 39.2 Å². The summed E-state index contributed by atoms with van der Waals surface area (Å²) in [5, 5.41) is 9.49. The second-order valence-corrected chi connectivity index (χ2v) is 12.1. The maximum Gasteiger partial charge on any atom is 0.160 e. The lowest BCUT2D eigenvalue weighted by Gasteiger charge is -2.35. The molecule has 7 rings (SSSR count). The molecule has 0 radical (unpaired) electrons. The number of fused-ring (bicyclic) bond motifs is 2. The summed E-state index contributed by atoms with van der Waals surface area (Å²) in [7, 11) is 0. The highest BCUT2D eigenvalue weighted by molar-refractivity contribution is 7.99. The predicted molar refractivity (Wildman–Crippen MR) is 171 cm³/mol. The fourth-order valence-electron chi connectivity index (χ4n) is 5.75. The van der Waals surface area contributed by atoms with Crippen LogP contribution in [0, 0.1) is 11.3 Å². The van der Waals surface area contributed by atoms with E-state index >= 15 is 0 Å². The molecule has 4 heteroatoms. The van der Waals surface area contributed by atoms with Crippen molar-refractivity contribution in [1.29, 1.82) is 5.26 Å². The SMILES string of the molecule is CC1(C)c2ccc(-c3cc(-c4ccccc4-c4ccccc4)nc(-c4ccccc4)n3)cc2Sc2ccc(C#N)cc21. The Morgan fingerprint density at radius 2 is 1.24 bits per heavy atom. The Morgan fingerprint density at radius 3 is 1.98 bits per heavy atom. The van der Waals surface area contributed by atoms with E-state index in [0.29, 0.717) is 11.4 Å². The largest absolute Gasteiger partial charge is 0.228 e. The lowest BCUT2D eigenvalue weighted by Crippen LogP contribution is -2.23. The van der Waals surface area contributed by atoms with Crippen LogP contribution in [0.4, 0.5) is 0 Å². The summed E-state index contributed by atoms with van der Waals surface area (Å²) in [6, 6.07) is 46.1. The number of nitrogens with zero attached hydrogens (tertiary/aromatic N) is 3. The molecule has 0 N–H and O–H groups in total. The summed E-state index contributed by atoms with van der Waals surface area (Å²) < 4.78 is 0. The van der Waals surface area contributed by atoms with Gasteiger partial charge in [-0.25, -0.2) is 9.97 Å². The molecular formula is C38H27N3S. The van der Waals surface area contributed by atoms with Gasteiger partial charge in [-0.05, 0) is 52.6 Å². The molecule has 0 amide bonds. The van der Waals surface area contributed by atoms with Gasteiger partial charge in [0, 0.05) is 31.9 Å². The molecule has 0 bridgehead atoms. The third-order valence-corrected chi connectivity index (χ3v) is 9.13. The average Bonchev–Trinajstić information content (AvgIpc) is 3.05. The Balaban J connectivity index is 1.39. The van der Waals surface area contributed by atoms with Crippen LogP contribution in [0.3, 0.4) is 0 Å². The number of hydrogen-bond donors (Lipinski definition) is 0. The minimum Gasteiger partial charge on any atom is -0.228 e. The van der Waals surface area contributed by atoms with Crippen LogP contribution < -0.4 is 0 Å². The van der Waals surface area contributed by atoms with Crippen molar-refractivity contribution in [3.63, 3.8) is 0 Å². The molecular weight excluding hydrogens is 531 g/mol. The van der Waals surface area contributed by atoms with Gasteiger partial charge < -0.3 is 0 Å². The molecule has 0 saturated carbocycles. The topological polar surface area (TPSA) is 49.6 Å². The normalized spacial score (nSPS) is 13.1. The molecule has 1 aliphatic heterocycles. The van der Waals surface area contributed by atoms with Gasteiger partial charge in [0.05, 0.1) is 23.0 Å². The van der Waals surface area contributed by atoms with Gasteiger partial charge in [0.15, 0.2) is 5.82 Å². The van der Waals surface area contributed by atoms with Crippen LogP contribution in [0.2, 0.25) is 0 Å². The van der Waals surface area contributed by atoms with E-state index < -0.39 is 0 Å². The number of nitriles is 1. The molecule has 0 saturated heterocycles. The Kier molecular flexibility index (Phi) is 6.46. The zero-order valence-electron chi connectivity index (χ0n) is 23.4. The summed E-state index contributed by atoms with van der Waals surface area (Å²) in [5.74, 6) is 0.700. The molecule has 2 heterocycles. The molecule has 0 fully saturated rings. The molecule has 0 aliphatic carbocycles. The van der Waals surface area contributed by atoms with E-state index in [9.17, 15) is 5.26 Å². The van der Waals surface area contributed by atoms with Crippen LogP contribution in [0.1, 0.15) is 30.5 Å². The summed E-state index contributed by atoms with van der Waals surface area (Å²) in [6.07, 6.45) is 0. The molecule has 0 spiro atoms. The van der Waals surface area contributed by atoms with Gasteiger partial charge in [0.2, 0.25) is 0 Å². The van der Waals surface area contributed by atoms with Crippen LogP contribution in [0.25, 0.3) is 45.0 Å². The van der Waals surface area contributed by atoms with Crippen molar-refractivity contribution >= 4 is 11.8 Å². The van der Waals surface area contributed by atoms with E-state index in [1.165, 1.54) is 20.9 Å². The lowest BCUT2D eigenvalue weighted by atomic mass is 9.77. The first-order chi connectivity index (χ1) is 20.5. The van der Waals surface area contributed by atoms with Crippen molar-refractivity contribution in [2.45, 2.75) is 29.1 Å². The highest BCUT2D eigenvalue weighted by atomic mass is 32.2. The van der Waals surface area contributed by atoms with Gasteiger partial charge in [-0.2, -0.15) is 5.26 Å². The van der Waals surface area contributed by atoms with Crippen LogP contribution in [-0.2, 0) is 5.41 Å². The summed E-state index contributed by atoms with van der Waals surface area (Å²) in [5.41, 5.74) is 10.1.